The van der Waals surface area contributed by atoms with E-state index in [4.69, 9.17) is 33.0 Å². The van der Waals surface area contributed by atoms with Crippen LogP contribution in [0.1, 0.15) is 13.8 Å². The standard InChI is InChI=1S/C15H15Cl2N3O4/c1-15(2,14(22)23)20-7-10(6-18-20)19-13(21)8-24-12-5-9(16)3-4-11(12)17/h3-7H,8H2,1-2H3,(H,19,21)(H,22,23). The van der Waals surface area contributed by atoms with Crippen molar-refractivity contribution in [3.05, 3.63) is 40.6 Å². The minimum Gasteiger partial charge on any atom is -0.482 e. The van der Waals surface area contributed by atoms with Crippen LogP contribution in [0.25, 0.3) is 0 Å². The molecule has 1 heterocycles. The van der Waals surface area contributed by atoms with Crippen molar-refractivity contribution in [2.45, 2.75) is 19.4 Å². The van der Waals surface area contributed by atoms with Crippen molar-refractivity contribution >= 4 is 40.8 Å². The first kappa shape index (κ1) is 18.1. The number of benzene rings is 1. The number of amides is 1. The normalized spacial score (nSPS) is 11.2. The van der Waals surface area contributed by atoms with E-state index in [1.165, 1.54) is 37.0 Å². The number of anilines is 1. The van der Waals surface area contributed by atoms with Gasteiger partial charge in [-0.25, -0.2) is 4.79 Å². The Labute approximate surface area is 148 Å². The van der Waals surface area contributed by atoms with Crippen LogP contribution in [-0.2, 0) is 15.1 Å². The molecule has 1 amide bonds. The molecule has 0 atom stereocenters. The number of nitrogens with zero attached hydrogens (tertiary/aromatic N) is 2. The molecular formula is C15H15Cl2N3O4. The predicted octanol–water partition coefficient (Wildman–Crippen LogP) is 3.03. The summed E-state index contributed by atoms with van der Waals surface area (Å²) >= 11 is 11.8. The number of carboxylic acid groups (broad SMARTS) is 1. The SMILES string of the molecule is CC(C)(C(=O)O)n1cc(NC(=O)COc2cc(Cl)ccc2Cl)cn1. The van der Waals surface area contributed by atoms with E-state index in [0.29, 0.717) is 21.5 Å². The molecule has 24 heavy (non-hydrogen) atoms. The molecule has 0 saturated carbocycles. The summed E-state index contributed by atoms with van der Waals surface area (Å²) in [6.45, 7) is 2.71. The minimum absolute atomic E-state index is 0.284. The second kappa shape index (κ2) is 7.11. The molecule has 2 aromatic rings. The highest BCUT2D eigenvalue weighted by Crippen LogP contribution is 2.27. The Bertz CT molecular complexity index is 774. The second-order valence-corrected chi connectivity index (χ2v) is 6.29. The first-order chi connectivity index (χ1) is 11.2. The third kappa shape index (κ3) is 4.18. The molecule has 7 nitrogen and oxygen atoms in total. The first-order valence-electron chi connectivity index (χ1n) is 6.86. The van der Waals surface area contributed by atoms with Crippen molar-refractivity contribution in [3.8, 4) is 5.75 Å². The van der Waals surface area contributed by atoms with E-state index < -0.39 is 17.4 Å². The third-order valence-corrected chi connectivity index (χ3v) is 3.76. The minimum atomic E-state index is -1.23. The van der Waals surface area contributed by atoms with Crippen LogP contribution < -0.4 is 10.1 Å². The van der Waals surface area contributed by atoms with Gasteiger partial charge in [0.25, 0.3) is 5.91 Å². The fourth-order valence-electron chi connectivity index (χ4n) is 1.72. The fourth-order valence-corrected chi connectivity index (χ4v) is 2.05. The average Bonchev–Trinajstić information content (AvgIpc) is 2.97. The maximum atomic E-state index is 11.9. The quantitative estimate of drug-likeness (QED) is 0.813. The van der Waals surface area contributed by atoms with Gasteiger partial charge >= 0.3 is 5.97 Å². The van der Waals surface area contributed by atoms with Gasteiger partial charge in [0.15, 0.2) is 12.1 Å². The molecule has 0 aliphatic carbocycles. The van der Waals surface area contributed by atoms with E-state index in [9.17, 15) is 9.59 Å². The van der Waals surface area contributed by atoms with Crippen LogP contribution in [0, 0.1) is 0 Å². The molecule has 128 valence electrons. The number of halogens is 2. The first-order valence-corrected chi connectivity index (χ1v) is 7.62. The van der Waals surface area contributed by atoms with Crippen LogP contribution in [0.15, 0.2) is 30.6 Å². The smallest absolute Gasteiger partial charge is 0.331 e. The number of hydrogen-bond donors (Lipinski definition) is 2. The molecule has 0 radical (unpaired) electrons. The summed E-state index contributed by atoms with van der Waals surface area (Å²) in [5.41, 5.74) is -0.872. The topological polar surface area (TPSA) is 93.5 Å². The molecule has 0 aliphatic heterocycles. The molecular weight excluding hydrogens is 357 g/mol. The summed E-state index contributed by atoms with van der Waals surface area (Å²) in [4.78, 5) is 23.1. The highest BCUT2D eigenvalue weighted by atomic mass is 35.5. The van der Waals surface area contributed by atoms with Gasteiger partial charge in [-0.3, -0.25) is 9.48 Å². The maximum absolute atomic E-state index is 11.9. The number of carboxylic acids is 1. The Hall–Kier alpha value is -2.25. The number of hydrogen-bond acceptors (Lipinski definition) is 4. The lowest BCUT2D eigenvalue weighted by Gasteiger charge is -2.19. The molecule has 2 N–H and O–H groups in total. The van der Waals surface area contributed by atoms with Crippen LogP contribution in [0.5, 0.6) is 5.75 Å². The van der Waals surface area contributed by atoms with Gasteiger partial charge in [0.2, 0.25) is 0 Å². The third-order valence-electron chi connectivity index (χ3n) is 3.21. The lowest BCUT2D eigenvalue weighted by Crippen LogP contribution is -2.35. The molecule has 0 saturated heterocycles. The van der Waals surface area contributed by atoms with Crippen molar-refractivity contribution in [1.29, 1.82) is 0 Å². The van der Waals surface area contributed by atoms with Crippen molar-refractivity contribution in [1.82, 2.24) is 9.78 Å². The van der Waals surface area contributed by atoms with Gasteiger partial charge < -0.3 is 15.2 Å². The molecule has 1 aromatic heterocycles. The number of ether oxygens (including phenoxy) is 1. The van der Waals surface area contributed by atoms with Crippen LogP contribution in [0.2, 0.25) is 10.0 Å². The highest BCUT2D eigenvalue weighted by Gasteiger charge is 2.30. The molecule has 2 rings (SSSR count). The molecule has 1 aromatic carbocycles. The Morgan fingerprint density at radius 1 is 1.38 bits per heavy atom. The maximum Gasteiger partial charge on any atom is 0.331 e. The van der Waals surface area contributed by atoms with Gasteiger partial charge in [-0.05, 0) is 26.0 Å². The zero-order valence-electron chi connectivity index (χ0n) is 12.9. The summed E-state index contributed by atoms with van der Waals surface area (Å²) in [5, 5.41) is 16.4. The molecule has 0 unspecified atom stereocenters. The summed E-state index contributed by atoms with van der Waals surface area (Å²) in [6.07, 6.45) is 2.79. The fraction of sp³-hybridized carbons (Fsp3) is 0.267. The van der Waals surface area contributed by atoms with E-state index in [1.807, 2.05) is 0 Å². The monoisotopic (exact) mass is 371 g/mol. The number of carbonyl (C=O) groups is 2. The Kier molecular flexibility index (Phi) is 5.36. The molecule has 0 spiro atoms. The summed E-state index contributed by atoms with van der Waals surface area (Å²) in [6, 6.07) is 4.68. The van der Waals surface area contributed by atoms with Gasteiger partial charge in [0.1, 0.15) is 5.75 Å². The predicted molar refractivity (Wildman–Crippen MR) is 89.8 cm³/mol. The lowest BCUT2D eigenvalue weighted by atomic mass is 10.1. The molecule has 0 aliphatic rings. The van der Waals surface area contributed by atoms with Crippen LogP contribution in [0.4, 0.5) is 5.69 Å². The Morgan fingerprint density at radius 2 is 2.08 bits per heavy atom. The van der Waals surface area contributed by atoms with E-state index in [-0.39, 0.29) is 6.61 Å². The summed E-state index contributed by atoms with van der Waals surface area (Å²) < 4.78 is 6.56. The molecule has 0 fully saturated rings. The number of aromatic nitrogens is 2. The molecule has 0 bridgehead atoms. The zero-order chi connectivity index (χ0) is 17.9. The van der Waals surface area contributed by atoms with Gasteiger partial charge in [-0.15, -0.1) is 0 Å². The van der Waals surface area contributed by atoms with Crippen molar-refractivity contribution < 1.29 is 19.4 Å². The van der Waals surface area contributed by atoms with Crippen LogP contribution in [0.3, 0.4) is 0 Å². The van der Waals surface area contributed by atoms with Crippen molar-refractivity contribution in [2.75, 3.05) is 11.9 Å². The Morgan fingerprint density at radius 3 is 2.75 bits per heavy atom. The Balaban J connectivity index is 1.97. The summed E-state index contributed by atoms with van der Waals surface area (Å²) in [7, 11) is 0. The van der Waals surface area contributed by atoms with Crippen molar-refractivity contribution in [3.63, 3.8) is 0 Å². The van der Waals surface area contributed by atoms with Crippen molar-refractivity contribution in [2.24, 2.45) is 0 Å². The van der Waals surface area contributed by atoms with E-state index >= 15 is 0 Å². The van der Waals surface area contributed by atoms with Crippen LogP contribution in [-0.4, -0.2) is 33.4 Å². The number of nitrogens with one attached hydrogen (secondary N) is 1. The van der Waals surface area contributed by atoms with Gasteiger partial charge in [-0.1, -0.05) is 23.2 Å². The average molecular weight is 372 g/mol. The van der Waals surface area contributed by atoms with Crippen LogP contribution >= 0.6 is 23.2 Å². The number of rotatable bonds is 6. The van der Waals surface area contributed by atoms with E-state index in [1.54, 1.807) is 12.1 Å². The van der Waals surface area contributed by atoms with E-state index in [0.717, 1.165) is 0 Å². The largest absolute Gasteiger partial charge is 0.482 e. The molecule has 9 heteroatoms. The van der Waals surface area contributed by atoms with E-state index in [2.05, 4.69) is 10.4 Å². The van der Waals surface area contributed by atoms with Gasteiger partial charge in [0, 0.05) is 17.3 Å². The van der Waals surface area contributed by atoms with Gasteiger partial charge in [0.05, 0.1) is 16.9 Å². The van der Waals surface area contributed by atoms with Gasteiger partial charge in [-0.2, -0.15) is 5.10 Å². The summed E-state index contributed by atoms with van der Waals surface area (Å²) in [5.74, 6) is -1.19. The number of aliphatic carboxylic acids is 1. The highest BCUT2D eigenvalue weighted by molar-refractivity contribution is 6.34. The zero-order valence-corrected chi connectivity index (χ0v) is 14.4. The second-order valence-electron chi connectivity index (χ2n) is 5.45. The number of carbonyl (C=O) groups excluding carboxylic acids is 1. The lowest BCUT2D eigenvalue weighted by molar-refractivity contribution is -0.146.